The molecule has 27 heavy (non-hydrogen) atoms. The monoisotopic (exact) mass is 400 g/mol. The minimum atomic E-state index is -1.28. The summed E-state index contributed by atoms with van der Waals surface area (Å²) in [6.07, 6.45) is 1.17. The number of ether oxygens (including phenoxy) is 1. The van der Waals surface area contributed by atoms with E-state index < -0.39 is 36.6 Å². The van der Waals surface area contributed by atoms with Crippen LogP contribution in [0.15, 0.2) is 12.7 Å². The number of aromatic nitrogens is 4. The molecule has 0 aliphatic carbocycles. The van der Waals surface area contributed by atoms with Crippen molar-refractivity contribution in [3.63, 3.8) is 0 Å². The first-order valence-electron chi connectivity index (χ1n) is 8.29. The zero-order valence-corrected chi connectivity index (χ0v) is 15.5. The Morgan fingerprint density at radius 3 is 2.85 bits per heavy atom. The maximum Gasteiger partial charge on any atom is 0.167 e. The van der Waals surface area contributed by atoms with Crippen LogP contribution in [0.25, 0.3) is 11.2 Å². The molecule has 2 aromatic heterocycles. The maximum absolute atomic E-state index is 10.7. The van der Waals surface area contributed by atoms with Gasteiger partial charge in [0.1, 0.15) is 41.7 Å². The Kier molecular flexibility index (Phi) is 5.81. The second-order valence-corrected chi connectivity index (χ2v) is 8.80. The number of carbonyl (C=O) groups excluding carboxylic acids is 1. The number of imidazole rings is 1. The number of carbonyl (C=O) groups is 1. The number of hydrogen-bond acceptors (Lipinski definition) is 10. The highest BCUT2D eigenvalue weighted by molar-refractivity contribution is 7.96. The second kappa shape index (κ2) is 7.94. The Bertz CT molecular complexity index is 819. The number of carboxylic acid groups (broad SMARTS) is 1. The number of rotatable bonds is 7. The molecule has 11 nitrogen and oxygen atoms in total. The van der Waals surface area contributed by atoms with E-state index in [1.165, 1.54) is 17.2 Å². The maximum atomic E-state index is 10.7. The number of nitrogen functional groups attached to an aromatic ring is 1. The summed E-state index contributed by atoms with van der Waals surface area (Å²) in [5.74, 6) is -0.0611. The van der Waals surface area contributed by atoms with Crippen LogP contribution in [0.1, 0.15) is 12.6 Å². The number of nitrogens with zero attached hydrogens (tertiary/aromatic N) is 4. The Morgan fingerprint density at radius 2 is 2.15 bits per heavy atom. The van der Waals surface area contributed by atoms with Gasteiger partial charge < -0.3 is 36.3 Å². The largest absolute Gasteiger partial charge is 0.548 e. The van der Waals surface area contributed by atoms with Gasteiger partial charge in [0.2, 0.25) is 0 Å². The smallest absolute Gasteiger partial charge is 0.167 e. The minimum Gasteiger partial charge on any atom is -0.548 e. The van der Waals surface area contributed by atoms with Crippen molar-refractivity contribution in [3.05, 3.63) is 12.7 Å². The van der Waals surface area contributed by atoms with Gasteiger partial charge in [-0.05, 0) is 10.9 Å². The number of carboxylic acids is 1. The molecule has 6 atom stereocenters. The van der Waals surface area contributed by atoms with Gasteiger partial charge in [0.25, 0.3) is 0 Å². The third kappa shape index (κ3) is 3.99. The second-order valence-electron chi connectivity index (χ2n) is 6.50. The van der Waals surface area contributed by atoms with E-state index in [9.17, 15) is 20.1 Å². The van der Waals surface area contributed by atoms with E-state index in [4.69, 9.17) is 16.2 Å². The summed E-state index contributed by atoms with van der Waals surface area (Å²) in [7, 11) is -0.263. The van der Waals surface area contributed by atoms with Crippen LogP contribution in [0.5, 0.6) is 0 Å². The van der Waals surface area contributed by atoms with E-state index >= 15 is 0 Å². The van der Waals surface area contributed by atoms with Crippen molar-refractivity contribution in [2.24, 2.45) is 5.73 Å². The molecular formula is C15H22N6O5S. The third-order valence-corrected chi connectivity index (χ3v) is 6.36. The molecule has 0 aromatic carbocycles. The van der Waals surface area contributed by atoms with Gasteiger partial charge in [-0.15, -0.1) is 0 Å². The molecule has 3 rings (SSSR count). The summed E-state index contributed by atoms with van der Waals surface area (Å²) in [5, 5.41) is 31.5. The molecule has 0 bridgehead atoms. The van der Waals surface area contributed by atoms with E-state index in [2.05, 4.69) is 15.0 Å². The lowest BCUT2D eigenvalue weighted by Gasteiger charge is -2.16. The molecular weight excluding hydrogens is 378 g/mol. The standard InChI is InChI=1S/C15H22N6O5S/c1-27(3-2-7(16)15(24)25)4-8-10(22)11(23)14(26-8)21-6-20-9-12(17)18-5-19-13(9)21/h5-8,10-11,14,22-23H,2-4,16H2,1H3,(H2-,17,18,19,24,25)/t7-,8+,10+,11+,14+,27?/m0/s1/i1+2. The number of fused-ring (bicyclic) bond motifs is 1. The number of aliphatic hydroxyl groups excluding tert-OH is 2. The van der Waals surface area contributed by atoms with E-state index in [0.717, 1.165) is 0 Å². The number of aliphatic hydroxyl groups is 2. The lowest BCUT2D eigenvalue weighted by atomic mass is 10.1. The van der Waals surface area contributed by atoms with Crippen LogP contribution in [0.4, 0.5) is 5.82 Å². The van der Waals surface area contributed by atoms with Crippen LogP contribution in [0.3, 0.4) is 0 Å². The minimum absolute atomic E-state index is 0.211. The fourth-order valence-corrected chi connectivity index (χ4v) is 4.62. The molecule has 2 aromatic rings. The molecule has 1 unspecified atom stereocenters. The van der Waals surface area contributed by atoms with Crippen LogP contribution in [0.2, 0.25) is 0 Å². The SMILES string of the molecule is [14CH3][S+](CC[C@H](N)C(=O)[O-])C[C@H]1O[C@@H](n2cnc3c(N)ncnc32)[C@H](O)[C@@H]1O. The highest BCUT2D eigenvalue weighted by Crippen LogP contribution is 2.32. The number of nitrogens with two attached hydrogens (primary N) is 2. The quantitative estimate of drug-likeness (QED) is 0.344. The number of hydrogen-bond donors (Lipinski definition) is 4. The summed E-state index contributed by atoms with van der Waals surface area (Å²) in [6, 6.07) is -1.02. The Hall–Kier alpha value is -1.99. The van der Waals surface area contributed by atoms with E-state index in [0.29, 0.717) is 22.7 Å². The summed E-state index contributed by atoms with van der Waals surface area (Å²) >= 11 is 0. The predicted molar refractivity (Wildman–Crippen MR) is 96.3 cm³/mol. The van der Waals surface area contributed by atoms with E-state index in [1.54, 1.807) is 0 Å². The Labute approximate surface area is 157 Å². The summed E-state index contributed by atoms with van der Waals surface area (Å²) in [4.78, 5) is 22.8. The predicted octanol–water partition coefficient (Wildman–Crippen LogP) is -3.26. The van der Waals surface area contributed by atoms with Crippen LogP contribution in [-0.2, 0) is 20.4 Å². The van der Waals surface area contributed by atoms with Gasteiger partial charge in [0.05, 0.1) is 18.6 Å². The van der Waals surface area contributed by atoms with Crippen molar-refractivity contribution in [2.75, 3.05) is 23.5 Å². The fourth-order valence-electron chi connectivity index (χ4n) is 2.96. The normalized spacial score (nSPS) is 27.7. The zero-order chi connectivity index (χ0) is 19.7. The molecule has 1 aliphatic heterocycles. The summed E-state index contributed by atoms with van der Waals surface area (Å²) < 4.78 is 7.39. The van der Waals surface area contributed by atoms with Crippen LogP contribution in [-0.4, -0.2) is 77.8 Å². The average Bonchev–Trinajstić information content (AvgIpc) is 3.17. The molecule has 1 aliphatic rings. The van der Waals surface area contributed by atoms with Gasteiger partial charge in [-0.3, -0.25) is 4.57 Å². The van der Waals surface area contributed by atoms with Gasteiger partial charge in [-0.25, -0.2) is 15.0 Å². The van der Waals surface area contributed by atoms with E-state index in [1.807, 2.05) is 6.26 Å². The van der Waals surface area contributed by atoms with Gasteiger partial charge in [-0.2, -0.15) is 0 Å². The third-order valence-electron chi connectivity index (χ3n) is 4.53. The van der Waals surface area contributed by atoms with Gasteiger partial charge >= 0.3 is 0 Å². The first-order chi connectivity index (χ1) is 12.8. The molecule has 0 radical (unpaired) electrons. The van der Waals surface area contributed by atoms with Gasteiger partial charge in [0.15, 0.2) is 17.7 Å². The van der Waals surface area contributed by atoms with Gasteiger partial charge in [-0.1, -0.05) is 0 Å². The molecule has 0 saturated carbocycles. The molecule has 3 heterocycles. The summed E-state index contributed by atoms with van der Waals surface area (Å²) in [6.45, 7) is 0. The number of aliphatic carboxylic acids is 1. The zero-order valence-electron chi connectivity index (χ0n) is 14.6. The van der Waals surface area contributed by atoms with Crippen molar-refractivity contribution in [2.45, 2.75) is 37.0 Å². The molecule has 6 N–H and O–H groups in total. The Morgan fingerprint density at radius 1 is 1.41 bits per heavy atom. The first-order valence-corrected chi connectivity index (χ1v) is 10.3. The Balaban J connectivity index is 1.68. The van der Waals surface area contributed by atoms with Crippen LogP contribution >= 0.6 is 0 Å². The van der Waals surface area contributed by atoms with Crippen molar-refractivity contribution in [1.29, 1.82) is 0 Å². The van der Waals surface area contributed by atoms with E-state index in [-0.39, 0.29) is 23.1 Å². The molecule has 12 heteroatoms. The lowest BCUT2D eigenvalue weighted by Crippen LogP contribution is -2.43. The van der Waals surface area contributed by atoms with Crippen LogP contribution < -0.4 is 16.6 Å². The average molecular weight is 400 g/mol. The topological polar surface area (TPSA) is 185 Å². The van der Waals surface area contributed by atoms with Crippen LogP contribution in [0, 0.1) is 0 Å². The van der Waals surface area contributed by atoms with Gasteiger partial charge in [0, 0.05) is 12.5 Å². The van der Waals surface area contributed by atoms with Crippen molar-refractivity contribution >= 4 is 33.8 Å². The molecule has 148 valence electrons. The summed E-state index contributed by atoms with van der Waals surface area (Å²) in [5.41, 5.74) is 12.0. The number of anilines is 1. The molecule has 1 fully saturated rings. The van der Waals surface area contributed by atoms with Crippen molar-refractivity contribution in [3.8, 4) is 0 Å². The van der Waals surface area contributed by atoms with Crippen molar-refractivity contribution < 1.29 is 24.9 Å². The molecule has 1 saturated heterocycles. The first kappa shape index (κ1) is 19.8. The molecule has 0 amide bonds. The highest BCUT2D eigenvalue weighted by Gasteiger charge is 2.46. The van der Waals surface area contributed by atoms with Crippen molar-refractivity contribution in [1.82, 2.24) is 19.5 Å². The molecule has 0 spiro atoms. The lowest BCUT2D eigenvalue weighted by molar-refractivity contribution is -0.307. The highest BCUT2D eigenvalue weighted by atomic mass is 32.2. The fraction of sp³-hybridized carbons (Fsp3) is 0.600.